The van der Waals surface area contributed by atoms with Crippen molar-refractivity contribution in [1.29, 1.82) is 0 Å². The fourth-order valence-corrected chi connectivity index (χ4v) is 2.71. The molecule has 2 aliphatic rings. The minimum absolute atomic E-state index is 0.190. The van der Waals surface area contributed by atoms with Crippen LogP contribution in [0.3, 0.4) is 0 Å². The van der Waals surface area contributed by atoms with E-state index in [-0.39, 0.29) is 11.8 Å². The lowest BCUT2D eigenvalue weighted by Crippen LogP contribution is -2.30. The first-order valence-corrected chi connectivity index (χ1v) is 5.84. The van der Waals surface area contributed by atoms with Gasteiger partial charge in [-0.3, -0.25) is 4.79 Å². The highest BCUT2D eigenvalue weighted by Crippen LogP contribution is 2.54. The number of carbonyl (C=O) groups is 1. The first kappa shape index (κ1) is 9.81. The smallest absolute Gasteiger partial charge is 0.223 e. The second kappa shape index (κ2) is 3.57. The van der Waals surface area contributed by atoms with Crippen molar-refractivity contribution in [1.82, 2.24) is 20.1 Å². The van der Waals surface area contributed by atoms with Crippen molar-refractivity contribution in [3.05, 3.63) is 12.2 Å². The van der Waals surface area contributed by atoms with E-state index < -0.39 is 0 Å². The Bertz CT molecular complexity index is 404. The molecule has 86 valence electrons. The number of amides is 1. The Balaban J connectivity index is 1.51. The molecule has 0 aliphatic heterocycles. The number of nitrogens with zero attached hydrogens (tertiary/aromatic N) is 3. The minimum Gasteiger partial charge on any atom is -0.349 e. The lowest BCUT2D eigenvalue weighted by atomic mass is 10.0. The Kier molecular flexibility index (Phi) is 2.19. The molecule has 1 heterocycles. The summed E-state index contributed by atoms with van der Waals surface area (Å²) in [5.74, 6) is 2.94. The Morgan fingerprint density at radius 1 is 1.50 bits per heavy atom. The van der Waals surface area contributed by atoms with Crippen LogP contribution in [0.15, 0.2) is 6.33 Å². The molecule has 0 spiro atoms. The maximum absolute atomic E-state index is 11.8. The van der Waals surface area contributed by atoms with Crippen molar-refractivity contribution in [3.63, 3.8) is 0 Å². The van der Waals surface area contributed by atoms with E-state index in [9.17, 15) is 4.79 Å². The van der Waals surface area contributed by atoms with Crippen LogP contribution < -0.4 is 5.32 Å². The molecule has 0 saturated heterocycles. The number of nitrogens with one attached hydrogen (secondary N) is 1. The summed E-state index contributed by atoms with van der Waals surface area (Å²) in [6, 6.07) is 0. The summed E-state index contributed by atoms with van der Waals surface area (Å²) in [7, 11) is 1.88. The van der Waals surface area contributed by atoms with Crippen LogP contribution in [0.5, 0.6) is 0 Å². The molecular weight excluding hydrogens is 204 g/mol. The molecule has 1 aromatic heterocycles. The summed E-state index contributed by atoms with van der Waals surface area (Å²) in [5.41, 5.74) is 0. The molecule has 0 radical (unpaired) electrons. The molecule has 2 atom stereocenters. The molecule has 5 heteroatoms. The zero-order valence-corrected chi connectivity index (χ0v) is 9.39. The van der Waals surface area contributed by atoms with Crippen LogP contribution in [0.2, 0.25) is 0 Å². The summed E-state index contributed by atoms with van der Waals surface area (Å²) >= 11 is 0. The van der Waals surface area contributed by atoms with Gasteiger partial charge in [-0.1, -0.05) is 0 Å². The van der Waals surface area contributed by atoms with Crippen LogP contribution in [-0.2, 0) is 18.4 Å². The Hall–Kier alpha value is -1.39. The van der Waals surface area contributed by atoms with Crippen molar-refractivity contribution in [2.75, 3.05) is 0 Å². The second-order valence-electron chi connectivity index (χ2n) is 5.00. The van der Waals surface area contributed by atoms with Gasteiger partial charge in [0, 0.05) is 13.0 Å². The molecule has 0 aromatic carbocycles. The molecule has 2 aliphatic carbocycles. The van der Waals surface area contributed by atoms with Crippen LogP contribution in [0, 0.1) is 17.8 Å². The molecule has 2 fully saturated rings. The third-order valence-corrected chi connectivity index (χ3v) is 3.84. The Morgan fingerprint density at radius 3 is 2.88 bits per heavy atom. The quantitative estimate of drug-likeness (QED) is 0.806. The molecule has 2 unspecified atom stereocenters. The largest absolute Gasteiger partial charge is 0.349 e. The van der Waals surface area contributed by atoms with E-state index in [4.69, 9.17) is 0 Å². The summed E-state index contributed by atoms with van der Waals surface area (Å²) in [5, 5.41) is 10.7. The van der Waals surface area contributed by atoms with E-state index in [0.29, 0.717) is 6.54 Å². The fraction of sp³-hybridized carbons (Fsp3) is 0.727. The predicted octanol–water partition coefficient (Wildman–Crippen LogP) is 0.477. The van der Waals surface area contributed by atoms with E-state index in [0.717, 1.165) is 30.5 Å². The average Bonchev–Trinajstić information content (AvgIpc) is 2.71. The van der Waals surface area contributed by atoms with Gasteiger partial charge in [-0.05, 0) is 31.1 Å². The van der Waals surface area contributed by atoms with Crippen molar-refractivity contribution in [2.24, 2.45) is 24.8 Å². The van der Waals surface area contributed by atoms with Gasteiger partial charge in [0.15, 0.2) is 5.82 Å². The summed E-state index contributed by atoms with van der Waals surface area (Å²) in [4.78, 5) is 11.8. The monoisotopic (exact) mass is 220 g/mol. The third-order valence-electron chi connectivity index (χ3n) is 3.84. The number of fused-ring (bicyclic) bond motifs is 1. The molecule has 16 heavy (non-hydrogen) atoms. The number of aromatic nitrogens is 3. The molecule has 0 bridgehead atoms. The number of aryl methyl sites for hydroxylation is 1. The maximum Gasteiger partial charge on any atom is 0.223 e. The van der Waals surface area contributed by atoms with Gasteiger partial charge in [0.25, 0.3) is 0 Å². The first-order chi connectivity index (χ1) is 7.74. The third kappa shape index (κ3) is 1.70. The number of hydrogen-bond donors (Lipinski definition) is 1. The molecule has 1 N–H and O–H groups in total. The average molecular weight is 220 g/mol. The summed E-state index contributed by atoms with van der Waals surface area (Å²) in [6.07, 6.45) is 5.18. The molecular formula is C11H16N4O. The lowest BCUT2D eigenvalue weighted by Gasteiger charge is -2.11. The van der Waals surface area contributed by atoms with Crippen molar-refractivity contribution in [3.8, 4) is 0 Å². The fourth-order valence-electron chi connectivity index (χ4n) is 2.71. The highest BCUT2D eigenvalue weighted by atomic mass is 16.1. The van der Waals surface area contributed by atoms with Gasteiger partial charge in [-0.15, -0.1) is 10.2 Å². The van der Waals surface area contributed by atoms with E-state index in [1.807, 2.05) is 11.6 Å². The second-order valence-corrected chi connectivity index (χ2v) is 5.00. The van der Waals surface area contributed by atoms with Crippen molar-refractivity contribution >= 4 is 5.91 Å². The van der Waals surface area contributed by atoms with E-state index in [1.165, 1.54) is 6.42 Å². The van der Waals surface area contributed by atoms with Crippen LogP contribution in [0.1, 0.15) is 25.1 Å². The van der Waals surface area contributed by atoms with Gasteiger partial charge in [-0.2, -0.15) is 0 Å². The van der Waals surface area contributed by atoms with Gasteiger partial charge in [-0.25, -0.2) is 0 Å². The lowest BCUT2D eigenvalue weighted by molar-refractivity contribution is -0.125. The van der Waals surface area contributed by atoms with Gasteiger partial charge < -0.3 is 9.88 Å². The zero-order chi connectivity index (χ0) is 11.1. The SMILES string of the molecule is Cn1cnnc1CNC(=O)C1CC2CC2C1. The highest BCUT2D eigenvalue weighted by molar-refractivity contribution is 5.79. The predicted molar refractivity (Wildman–Crippen MR) is 57.2 cm³/mol. The van der Waals surface area contributed by atoms with E-state index in [2.05, 4.69) is 15.5 Å². The minimum atomic E-state index is 0.190. The number of hydrogen-bond acceptors (Lipinski definition) is 3. The van der Waals surface area contributed by atoms with Gasteiger partial charge in [0.1, 0.15) is 6.33 Å². The first-order valence-electron chi connectivity index (χ1n) is 5.84. The van der Waals surface area contributed by atoms with Crippen molar-refractivity contribution in [2.45, 2.75) is 25.8 Å². The zero-order valence-electron chi connectivity index (χ0n) is 9.39. The van der Waals surface area contributed by atoms with Crippen LogP contribution in [0.25, 0.3) is 0 Å². The van der Waals surface area contributed by atoms with Crippen LogP contribution >= 0.6 is 0 Å². The van der Waals surface area contributed by atoms with Gasteiger partial charge in [0.05, 0.1) is 6.54 Å². The number of rotatable bonds is 3. The van der Waals surface area contributed by atoms with Crippen molar-refractivity contribution < 1.29 is 4.79 Å². The normalized spacial score (nSPS) is 31.2. The summed E-state index contributed by atoms with van der Waals surface area (Å²) in [6.45, 7) is 0.487. The summed E-state index contributed by atoms with van der Waals surface area (Å²) < 4.78 is 1.83. The molecule has 1 amide bonds. The van der Waals surface area contributed by atoms with Gasteiger partial charge in [0.2, 0.25) is 5.91 Å². The maximum atomic E-state index is 11.8. The molecule has 3 rings (SSSR count). The van der Waals surface area contributed by atoms with E-state index in [1.54, 1.807) is 6.33 Å². The topological polar surface area (TPSA) is 59.8 Å². The molecule has 5 nitrogen and oxygen atoms in total. The standard InChI is InChI=1S/C11H16N4O/c1-15-6-13-14-10(15)5-12-11(16)9-3-7-2-8(7)4-9/h6-9H,2-5H2,1H3,(H,12,16). The van der Waals surface area contributed by atoms with E-state index >= 15 is 0 Å². The number of carbonyl (C=O) groups excluding carboxylic acids is 1. The highest BCUT2D eigenvalue weighted by Gasteiger charge is 2.47. The van der Waals surface area contributed by atoms with Crippen LogP contribution in [0.4, 0.5) is 0 Å². The Labute approximate surface area is 94.2 Å². The molecule has 2 saturated carbocycles. The Morgan fingerprint density at radius 2 is 2.25 bits per heavy atom. The van der Waals surface area contributed by atoms with Gasteiger partial charge >= 0.3 is 0 Å². The van der Waals surface area contributed by atoms with Crippen LogP contribution in [-0.4, -0.2) is 20.7 Å². The molecule has 1 aromatic rings.